The summed E-state index contributed by atoms with van der Waals surface area (Å²) in [5, 5.41) is 16.0. The summed E-state index contributed by atoms with van der Waals surface area (Å²) in [5.74, 6) is -1.08. The SMILES string of the molecule is C[C@@H](c1cccnc1)n1cc(C(=O)O)nn1. The summed E-state index contributed by atoms with van der Waals surface area (Å²) in [7, 11) is 0. The van der Waals surface area contributed by atoms with Gasteiger partial charge in [0.05, 0.1) is 12.2 Å². The number of carboxylic acid groups (broad SMARTS) is 1. The monoisotopic (exact) mass is 218 g/mol. The summed E-state index contributed by atoms with van der Waals surface area (Å²) in [6.07, 6.45) is 4.80. The Morgan fingerprint density at radius 1 is 1.56 bits per heavy atom. The first kappa shape index (κ1) is 10.3. The zero-order valence-corrected chi connectivity index (χ0v) is 8.61. The van der Waals surface area contributed by atoms with E-state index in [9.17, 15) is 4.79 Å². The molecule has 1 atom stereocenters. The minimum absolute atomic E-state index is 0.0595. The van der Waals surface area contributed by atoms with Crippen LogP contribution in [0, 0.1) is 0 Å². The molecule has 2 heterocycles. The molecular weight excluding hydrogens is 208 g/mol. The molecule has 0 radical (unpaired) electrons. The van der Waals surface area contributed by atoms with Crippen LogP contribution in [0.2, 0.25) is 0 Å². The lowest BCUT2D eigenvalue weighted by Gasteiger charge is -2.10. The third-order valence-corrected chi connectivity index (χ3v) is 2.29. The Bertz CT molecular complexity index is 495. The summed E-state index contributed by atoms with van der Waals surface area (Å²) >= 11 is 0. The summed E-state index contributed by atoms with van der Waals surface area (Å²) in [6.45, 7) is 1.90. The standard InChI is InChI=1S/C10H10N4O2/c1-7(8-3-2-4-11-5-8)14-6-9(10(15)16)12-13-14/h2-7H,1H3,(H,15,16)/t7-/m0/s1. The maximum atomic E-state index is 10.6. The summed E-state index contributed by atoms with van der Waals surface area (Å²) in [6, 6.07) is 3.63. The lowest BCUT2D eigenvalue weighted by atomic mass is 10.1. The van der Waals surface area contributed by atoms with Crippen LogP contribution in [-0.4, -0.2) is 31.1 Å². The quantitative estimate of drug-likeness (QED) is 0.830. The minimum atomic E-state index is -1.08. The number of rotatable bonds is 3. The number of pyridine rings is 1. The van der Waals surface area contributed by atoms with E-state index in [-0.39, 0.29) is 11.7 Å². The Morgan fingerprint density at radius 2 is 2.38 bits per heavy atom. The predicted octanol–water partition coefficient (Wildman–Crippen LogP) is 0.981. The molecule has 2 aromatic rings. The molecule has 1 N–H and O–H groups in total. The van der Waals surface area contributed by atoms with Gasteiger partial charge in [-0.25, -0.2) is 9.48 Å². The average Bonchev–Trinajstić information content (AvgIpc) is 2.78. The Labute approximate surface area is 91.6 Å². The van der Waals surface area contributed by atoms with Crippen LogP contribution in [0.3, 0.4) is 0 Å². The van der Waals surface area contributed by atoms with Crippen LogP contribution in [0.4, 0.5) is 0 Å². The minimum Gasteiger partial charge on any atom is -0.476 e. The molecule has 2 aromatic heterocycles. The number of nitrogens with zero attached hydrogens (tertiary/aromatic N) is 4. The Hall–Kier alpha value is -2.24. The number of hydrogen-bond acceptors (Lipinski definition) is 4. The highest BCUT2D eigenvalue weighted by atomic mass is 16.4. The zero-order valence-electron chi connectivity index (χ0n) is 8.61. The largest absolute Gasteiger partial charge is 0.476 e. The number of aromatic nitrogens is 4. The van der Waals surface area contributed by atoms with E-state index in [4.69, 9.17) is 5.11 Å². The van der Waals surface area contributed by atoms with Crippen molar-refractivity contribution in [2.45, 2.75) is 13.0 Å². The molecule has 0 unspecified atom stereocenters. The van der Waals surface area contributed by atoms with E-state index in [0.717, 1.165) is 5.56 Å². The smallest absolute Gasteiger partial charge is 0.358 e. The van der Waals surface area contributed by atoms with Crippen molar-refractivity contribution in [2.24, 2.45) is 0 Å². The van der Waals surface area contributed by atoms with Gasteiger partial charge >= 0.3 is 5.97 Å². The third kappa shape index (κ3) is 1.90. The molecule has 16 heavy (non-hydrogen) atoms. The van der Waals surface area contributed by atoms with Crippen molar-refractivity contribution in [1.82, 2.24) is 20.0 Å². The van der Waals surface area contributed by atoms with E-state index >= 15 is 0 Å². The van der Waals surface area contributed by atoms with Gasteiger partial charge in [-0.1, -0.05) is 11.3 Å². The van der Waals surface area contributed by atoms with Crippen molar-refractivity contribution in [3.8, 4) is 0 Å². The van der Waals surface area contributed by atoms with Gasteiger partial charge in [-0.3, -0.25) is 4.98 Å². The summed E-state index contributed by atoms with van der Waals surface area (Å²) in [4.78, 5) is 14.6. The van der Waals surface area contributed by atoms with Gasteiger partial charge < -0.3 is 5.11 Å². The molecule has 0 spiro atoms. The zero-order chi connectivity index (χ0) is 11.5. The lowest BCUT2D eigenvalue weighted by molar-refractivity contribution is 0.0690. The second kappa shape index (κ2) is 4.09. The maximum Gasteiger partial charge on any atom is 0.358 e. The highest BCUT2D eigenvalue weighted by molar-refractivity contribution is 5.84. The number of carbonyl (C=O) groups is 1. The third-order valence-electron chi connectivity index (χ3n) is 2.29. The van der Waals surface area contributed by atoms with Crippen molar-refractivity contribution < 1.29 is 9.90 Å². The molecule has 82 valence electrons. The van der Waals surface area contributed by atoms with Gasteiger partial charge in [-0.15, -0.1) is 5.10 Å². The van der Waals surface area contributed by atoms with Gasteiger partial charge in [0.15, 0.2) is 5.69 Å². The molecule has 0 aliphatic carbocycles. The van der Waals surface area contributed by atoms with E-state index in [0.29, 0.717) is 0 Å². The molecule has 0 amide bonds. The van der Waals surface area contributed by atoms with Crippen molar-refractivity contribution in [1.29, 1.82) is 0 Å². The topological polar surface area (TPSA) is 80.9 Å². The van der Waals surface area contributed by atoms with Crippen molar-refractivity contribution >= 4 is 5.97 Å². The van der Waals surface area contributed by atoms with Crippen LogP contribution in [0.5, 0.6) is 0 Å². The van der Waals surface area contributed by atoms with E-state index in [1.54, 1.807) is 12.4 Å². The Balaban J connectivity index is 2.27. The van der Waals surface area contributed by atoms with Crippen LogP contribution in [-0.2, 0) is 0 Å². The fourth-order valence-corrected chi connectivity index (χ4v) is 1.34. The molecule has 6 nitrogen and oxygen atoms in total. The Morgan fingerprint density at radius 3 is 2.94 bits per heavy atom. The first-order chi connectivity index (χ1) is 7.68. The fraction of sp³-hybridized carbons (Fsp3) is 0.200. The molecule has 0 bridgehead atoms. The van der Waals surface area contributed by atoms with Gasteiger partial charge in [0.2, 0.25) is 0 Å². The van der Waals surface area contributed by atoms with Crippen molar-refractivity contribution in [3.05, 3.63) is 42.0 Å². The van der Waals surface area contributed by atoms with Gasteiger partial charge in [0.25, 0.3) is 0 Å². The van der Waals surface area contributed by atoms with Crippen LogP contribution < -0.4 is 0 Å². The Kier molecular flexibility index (Phi) is 2.63. The highest BCUT2D eigenvalue weighted by Gasteiger charge is 2.13. The first-order valence-corrected chi connectivity index (χ1v) is 4.73. The number of aromatic carboxylic acids is 1. The van der Waals surface area contributed by atoms with E-state index < -0.39 is 5.97 Å². The second-order valence-corrected chi connectivity index (χ2v) is 3.35. The van der Waals surface area contributed by atoms with Crippen molar-refractivity contribution in [3.63, 3.8) is 0 Å². The lowest BCUT2D eigenvalue weighted by Crippen LogP contribution is -2.07. The molecule has 0 fully saturated rings. The molecule has 0 aliphatic heterocycles. The fourth-order valence-electron chi connectivity index (χ4n) is 1.34. The molecule has 6 heteroatoms. The molecule has 0 saturated heterocycles. The highest BCUT2D eigenvalue weighted by Crippen LogP contribution is 2.14. The number of hydrogen-bond donors (Lipinski definition) is 1. The predicted molar refractivity (Wildman–Crippen MR) is 55.0 cm³/mol. The van der Waals surface area contributed by atoms with Crippen LogP contribution in [0.15, 0.2) is 30.7 Å². The molecule has 2 rings (SSSR count). The molecular formula is C10H10N4O2. The summed E-state index contributed by atoms with van der Waals surface area (Å²) in [5.41, 5.74) is 0.889. The average molecular weight is 218 g/mol. The van der Waals surface area contributed by atoms with E-state index in [1.165, 1.54) is 10.9 Å². The molecule has 0 aliphatic rings. The van der Waals surface area contributed by atoms with Gasteiger partial charge in [-0.05, 0) is 18.6 Å². The van der Waals surface area contributed by atoms with E-state index in [2.05, 4.69) is 15.3 Å². The second-order valence-electron chi connectivity index (χ2n) is 3.35. The van der Waals surface area contributed by atoms with Crippen LogP contribution in [0.1, 0.15) is 29.0 Å². The van der Waals surface area contributed by atoms with E-state index in [1.807, 2.05) is 19.1 Å². The van der Waals surface area contributed by atoms with Gasteiger partial charge in [0.1, 0.15) is 0 Å². The number of carboxylic acids is 1. The van der Waals surface area contributed by atoms with Gasteiger partial charge in [-0.2, -0.15) is 0 Å². The summed E-state index contributed by atoms with van der Waals surface area (Å²) < 4.78 is 1.50. The first-order valence-electron chi connectivity index (χ1n) is 4.73. The maximum absolute atomic E-state index is 10.6. The van der Waals surface area contributed by atoms with Gasteiger partial charge in [0, 0.05) is 12.4 Å². The molecule has 0 aromatic carbocycles. The molecule has 0 saturated carbocycles. The normalized spacial score (nSPS) is 12.3. The van der Waals surface area contributed by atoms with Crippen LogP contribution in [0.25, 0.3) is 0 Å². The van der Waals surface area contributed by atoms with Crippen molar-refractivity contribution in [2.75, 3.05) is 0 Å². The van der Waals surface area contributed by atoms with Crippen LogP contribution >= 0.6 is 0 Å².